The Bertz CT molecular complexity index is 717. The number of hydrogen-bond acceptors (Lipinski definition) is 2. The van der Waals surface area contributed by atoms with E-state index >= 15 is 0 Å². The number of hydrogen-bond donors (Lipinski definition) is 1. The average Bonchev–Trinajstić information content (AvgIpc) is 2.54. The summed E-state index contributed by atoms with van der Waals surface area (Å²) in [4.78, 5) is 12.7. The molecule has 0 aliphatic carbocycles. The van der Waals surface area contributed by atoms with Gasteiger partial charge in [-0.2, -0.15) is 0 Å². The van der Waals surface area contributed by atoms with E-state index in [0.29, 0.717) is 11.5 Å². The molecule has 0 bridgehead atoms. The lowest BCUT2D eigenvalue weighted by Gasteiger charge is -2.18. The number of rotatable bonds is 5. The molecule has 0 fully saturated rings. The maximum atomic E-state index is 12.7. The van der Waals surface area contributed by atoms with Crippen LogP contribution in [0.2, 0.25) is 0 Å². The maximum Gasteiger partial charge on any atom is 0.252 e. The first kappa shape index (κ1) is 18.1. The standard InChI is InChI=1S/C21H27NO2/c1-13(2)18-12-19(15(4)11-20(18)24-6)21(23)22-16(5)17-9-7-14(3)8-10-17/h7-13,16H,1-6H3,(H,22,23)/t16-/m0/s1. The Kier molecular flexibility index (Phi) is 5.66. The van der Waals surface area contributed by atoms with Crippen LogP contribution in [-0.4, -0.2) is 13.0 Å². The molecule has 3 nitrogen and oxygen atoms in total. The number of carbonyl (C=O) groups excluding carboxylic acids is 1. The fourth-order valence-corrected chi connectivity index (χ4v) is 2.78. The third-order valence-electron chi connectivity index (χ3n) is 4.37. The van der Waals surface area contributed by atoms with E-state index in [1.54, 1.807) is 7.11 Å². The van der Waals surface area contributed by atoms with Crippen LogP contribution < -0.4 is 10.1 Å². The van der Waals surface area contributed by atoms with Gasteiger partial charge in [-0.15, -0.1) is 0 Å². The highest BCUT2D eigenvalue weighted by Crippen LogP contribution is 2.30. The molecule has 0 aromatic heterocycles. The fraction of sp³-hybridized carbons (Fsp3) is 0.381. The Morgan fingerprint density at radius 2 is 1.67 bits per heavy atom. The Labute approximate surface area is 145 Å². The molecule has 0 spiro atoms. The molecule has 1 N–H and O–H groups in total. The Morgan fingerprint density at radius 3 is 2.21 bits per heavy atom. The molecule has 0 saturated heterocycles. The number of ether oxygens (including phenoxy) is 1. The molecular weight excluding hydrogens is 298 g/mol. The van der Waals surface area contributed by atoms with Gasteiger partial charge < -0.3 is 10.1 Å². The van der Waals surface area contributed by atoms with E-state index in [1.165, 1.54) is 5.56 Å². The highest BCUT2D eigenvalue weighted by Gasteiger charge is 2.17. The number of aryl methyl sites for hydroxylation is 2. The second-order valence-corrected chi connectivity index (χ2v) is 6.67. The second-order valence-electron chi connectivity index (χ2n) is 6.67. The third-order valence-corrected chi connectivity index (χ3v) is 4.37. The zero-order chi connectivity index (χ0) is 17.9. The van der Waals surface area contributed by atoms with Gasteiger partial charge in [-0.25, -0.2) is 0 Å². The lowest BCUT2D eigenvalue weighted by atomic mass is 9.95. The number of methoxy groups -OCH3 is 1. The van der Waals surface area contributed by atoms with Crippen molar-refractivity contribution in [1.82, 2.24) is 5.32 Å². The molecule has 128 valence electrons. The van der Waals surface area contributed by atoms with E-state index in [-0.39, 0.29) is 11.9 Å². The van der Waals surface area contributed by atoms with Crippen LogP contribution in [0, 0.1) is 13.8 Å². The highest BCUT2D eigenvalue weighted by atomic mass is 16.5. The van der Waals surface area contributed by atoms with Crippen LogP contribution in [0.4, 0.5) is 0 Å². The lowest BCUT2D eigenvalue weighted by molar-refractivity contribution is 0.0939. The van der Waals surface area contributed by atoms with Crippen LogP contribution in [0.1, 0.15) is 65.3 Å². The summed E-state index contributed by atoms with van der Waals surface area (Å²) in [6.45, 7) is 10.2. The average molecular weight is 325 g/mol. The molecule has 1 atom stereocenters. The second kappa shape index (κ2) is 7.52. The summed E-state index contributed by atoms with van der Waals surface area (Å²) in [6, 6.07) is 12.1. The Balaban J connectivity index is 2.26. The predicted molar refractivity (Wildman–Crippen MR) is 98.9 cm³/mol. The van der Waals surface area contributed by atoms with Gasteiger partial charge in [-0.3, -0.25) is 4.79 Å². The molecule has 0 saturated carbocycles. The fourth-order valence-electron chi connectivity index (χ4n) is 2.78. The Hall–Kier alpha value is -2.29. The molecule has 24 heavy (non-hydrogen) atoms. The van der Waals surface area contributed by atoms with E-state index in [2.05, 4.69) is 50.4 Å². The predicted octanol–water partition coefficient (Wildman–Crippen LogP) is 4.93. The third kappa shape index (κ3) is 3.97. The van der Waals surface area contributed by atoms with Crippen LogP contribution in [0.15, 0.2) is 36.4 Å². The molecule has 1 amide bonds. The highest BCUT2D eigenvalue weighted by molar-refractivity contribution is 5.96. The number of nitrogens with one attached hydrogen (secondary N) is 1. The van der Waals surface area contributed by atoms with Gasteiger partial charge in [0.15, 0.2) is 0 Å². The maximum absolute atomic E-state index is 12.7. The van der Waals surface area contributed by atoms with Crippen molar-refractivity contribution in [2.24, 2.45) is 0 Å². The summed E-state index contributed by atoms with van der Waals surface area (Å²) in [5.74, 6) is 1.08. The molecule has 0 unspecified atom stereocenters. The van der Waals surface area contributed by atoms with E-state index in [0.717, 1.165) is 22.4 Å². The van der Waals surface area contributed by atoms with Crippen LogP contribution in [0.5, 0.6) is 5.75 Å². The van der Waals surface area contributed by atoms with Gasteiger partial charge in [-0.05, 0) is 55.5 Å². The largest absolute Gasteiger partial charge is 0.496 e. The monoisotopic (exact) mass is 325 g/mol. The van der Waals surface area contributed by atoms with Gasteiger partial charge >= 0.3 is 0 Å². The van der Waals surface area contributed by atoms with Crippen LogP contribution in [0.25, 0.3) is 0 Å². The first-order valence-corrected chi connectivity index (χ1v) is 8.39. The van der Waals surface area contributed by atoms with E-state index in [4.69, 9.17) is 4.74 Å². The van der Waals surface area contributed by atoms with Crippen molar-refractivity contribution in [2.45, 2.75) is 46.6 Å². The normalized spacial score (nSPS) is 12.1. The van der Waals surface area contributed by atoms with Gasteiger partial charge in [0.05, 0.1) is 13.2 Å². The molecule has 0 aliphatic heterocycles. The smallest absolute Gasteiger partial charge is 0.252 e. The lowest BCUT2D eigenvalue weighted by Crippen LogP contribution is -2.27. The zero-order valence-electron chi connectivity index (χ0n) is 15.4. The number of benzene rings is 2. The quantitative estimate of drug-likeness (QED) is 0.847. The first-order valence-electron chi connectivity index (χ1n) is 8.39. The zero-order valence-corrected chi connectivity index (χ0v) is 15.4. The number of carbonyl (C=O) groups is 1. The minimum Gasteiger partial charge on any atom is -0.496 e. The van der Waals surface area contributed by atoms with Gasteiger partial charge in [0.2, 0.25) is 0 Å². The topological polar surface area (TPSA) is 38.3 Å². The van der Waals surface area contributed by atoms with Crippen molar-refractivity contribution in [2.75, 3.05) is 7.11 Å². The number of amides is 1. The summed E-state index contributed by atoms with van der Waals surface area (Å²) < 4.78 is 5.45. The SMILES string of the molecule is COc1cc(C)c(C(=O)N[C@@H](C)c2ccc(C)cc2)cc1C(C)C. The summed E-state index contributed by atoms with van der Waals surface area (Å²) in [5, 5.41) is 3.10. The molecule has 2 aromatic carbocycles. The van der Waals surface area contributed by atoms with E-state index in [9.17, 15) is 4.79 Å². The minimum absolute atomic E-state index is 0.0397. The Morgan fingerprint density at radius 1 is 1.04 bits per heavy atom. The first-order chi connectivity index (χ1) is 11.3. The van der Waals surface area contributed by atoms with Gasteiger partial charge in [0.25, 0.3) is 5.91 Å². The van der Waals surface area contributed by atoms with Gasteiger partial charge in [0, 0.05) is 5.56 Å². The van der Waals surface area contributed by atoms with Crippen molar-refractivity contribution in [3.05, 3.63) is 64.2 Å². The summed E-state index contributed by atoms with van der Waals surface area (Å²) in [7, 11) is 1.67. The molecule has 0 radical (unpaired) electrons. The van der Waals surface area contributed by atoms with Crippen molar-refractivity contribution in [1.29, 1.82) is 0 Å². The van der Waals surface area contributed by atoms with Gasteiger partial charge in [0.1, 0.15) is 5.75 Å². The molecule has 2 aromatic rings. The van der Waals surface area contributed by atoms with Crippen LogP contribution >= 0.6 is 0 Å². The minimum atomic E-state index is -0.0508. The van der Waals surface area contributed by atoms with Crippen LogP contribution in [-0.2, 0) is 0 Å². The van der Waals surface area contributed by atoms with Crippen molar-refractivity contribution in [3.63, 3.8) is 0 Å². The van der Waals surface area contributed by atoms with Crippen molar-refractivity contribution in [3.8, 4) is 5.75 Å². The van der Waals surface area contributed by atoms with Crippen molar-refractivity contribution >= 4 is 5.91 Å². The summed E-state index contributed by atoms with van der Waals surface area (Å²) in [6.07, 6.45) is 0. The molecule has 0 aliphatic rings. The summed E-state index contributed by atoms with van der Waals surface area (Å²) in [5.41, 5.74) is 4.99. The molecular formula is C21H27NO2. The van der Waals surface area contributed by atoms with Crippen molar-refractivity contribution < 1.29 is 9.53 Å². The van der Waals surface area contributed by atoms with E-state index < -0.39 is 0 Å². The molecule has 2 rings (SSSR count). The van der Waals surface area contributed by atoms with Gasteiger partial charge in [-0.1, -0.05) is 43.7 Å². The van der Waals surface area contributed by atoms with Crippen LogP contribution in [0.3, 0.4) is 0 Å². The molecule has 0 heterocycles. The molecule has 3 heteroatoms. The van der Waals surface area contributed by atoms with E-state index in [1.807, 2.05) is 26.0 Å². The summed E-state index contributed by atoms with van der Waals surface area (Å²) >= 11 is 0.